The van der Waals surface area contributed by atoms with Gasteiger partial charge in [-0.05, 0) is 44.2 Å². The van der Waals surface area contributed by atoms with Crippen LogP contribution >= 0.6 is 24.2 Å². The summed E-state index contributed by atoms with van der Waals surface area (Å²) in [6, 6.07) is 7.75. The van der Waals surface area contributed by atoms with Crippen molar-refractivity contribution in [2.24, 2.45) is 0 Å². The zero-order valence-corrected chi connectivity index (χ0v) is 14.5. The van der Waals surface area contributed by atoms with Crippen LogP contribution in [0.25, 0.3) is 0 Å². The second-order valence-electron chi connectivity index (χ2n) is 4.48. The van der Waals surface area contributed by atoms with Gasteiger partial charge in [-0.2, -0.15) is 0 Å². The van der Waals surface area contributed by atoms with Crippen LogP contribution in [0.3, 0.4) is 0 Å². The van der Waals surface area contributed by atoms with Gasteiger partial charge in [0.15, 0.2) is 0 Å². The van der Waals surface area contributed by atoms with Crippen LogP contribution in [0.5, 0.6) is 5.75 Å². The lowest BCUT2D eigenvalue weighted by Crippen LogP contribution is -2.36. The van der Waals surface area contributed by atoms with Crippen molar-refractivity contribution in [2.75, 3.05) is 26.7 Å². The van der Waals surface area contributed by atoms with E-state index >= 15 is 0 Å². The van der Waals surface area contributed by atoms with Crippen LogP contribution in [0, 0.1) is 0 Å². The minimum Gasteiger partial charge on any atom is -0.497 e. The van der Waals surface area contributed by atoms with Crippen molar-refractivity contribution >= 4 is 30.1 Å². The monoisotopic (exact) mass is 332 g/mol. The van der Waals surface area contributed by atoms with E-state index in [2.05, 4.69) is 17.6 Å². The first-order valence-electron chi connectivity index (χ1n) is 6.96. The number of rotatable bonds is 9. The number of hydrogen-bond donors (Lipinski definition) is 2. The lowest BCUT2D eigenvalue weighted by molar-refractivity contribution is -0.120. The maximum absolute atomic E-state index is 11.9. The molecule has 0 fully saturated rings. The molecule has 2 N–H and O–H groups in total. The first-order valence-corrected chi connectivity index (χ1v) is 7.84. The van der Waals surface area contributed by atoms with Crippen LogP contribution in [-0.2, 0) is 4.79 Å². The molecule has 0 bridgehead atoms. The average molecular weight is 333 g/mol. The molecule has 0 saturated heterocycles. The van der Waals surface area contributed by atoms with Gasteiger partial charge in [-0.3, -0.25) is 4.79 Å². The van der Waals surface area contributed by atoms with Gasteiger partial charge in [-0.25, -0.2) is 0 Å². The smallest absolute Gasteiger partial charge is 0.233 e. The van der Waals surface area contributed by atoms with Crippen molar-refractivity contribution in [3.8, 4) is 5.75 Å². The Morgan fingerprint density at radius 3 is 2.48 bits per heavy atom. The second-order valence-corrected chi connectivity index (χ2v) is 5.89. The zero-order chi connectivity index (χ0) is 14.8. The first-order chi connectivity index (χ1) is 9.67. The van der Waals surface area contributed by atoms with E-state index in [1.54, 1.807) is 18.9 Å². The zero-order valence-electron chi connectivity index (χ0n) is 12.8. The summed E-state index contributed by atoms with van der Waals surface area (Å²) in [4.78, 5) is 13.0. The van der Waals surface area contributed by atoms with E-state index in [0.717, 1.165) is 30.2 Å². The number of methoxy groups -OCH3 is 1. The molecule has 120 valence electrons. The highest BCUT2D eigenvalue weighted by Crippen LogP contribution is 2.25. The summed E-state index contributed by atoms with van der Waals surface area (Å²) in [6.45, 7) is 6.53. The SMILES string of the molecule is CCCNCCNC(=O)C(C)Sc1ccc(OC)cc1.Cl. The predicted molar refractivity (Wildman–Crippen MR) is 91.7 cm³/mol. The lowest BCUT2D eigenvalue weighted by Gasteiger charge is -2.12. The molecule has 0 aliphatic rings. The van der Waals surface area contributed by atoms with Crippen molar-refractivity contribution in [1.29, 1.82) is 0 Å². The summed E-state index contributed by atoms with van der Waals surface area (Å²) in [6.07, 6.45) is 1.11. The highest BCUT2D eigenvalue weighted by atomic mass is 35.5. The molecular weight excluding hydrogens is 308 g/mol. The molecule has 1 aromatic rings. The fraction of sp³-hybridized carbons (Fsp3) is 0.533. The average Bonchev–Trinajstić information content (AvgIpc) is 2.47. The minimum atomic E-state index is -0.102. The summed E-state index contributed by atoms with van der Waals surface area (Å²) in [7, 11) is 1.64. The maximum atomic E-state index is 11.9. The molecule has 1 rings (SSSR count). The van der Waals surface area contributed by atoms with Crippen molar-refractivity contribution in [3.05, 3.63) is 24.3 Å². The van der Waals surface area contributed by atoms with E-state index in [9.17, 15) is 4.79 Å². The number of amides is 1. The highest BCUT2D eigenvalue weighted by Gasteiger charge is 2.13. The van der Waals surface area contributed by atoms with Crippen molar-refractivity contribution in [1.82, 2.24) is 10.6 Å². The predicted octanol–water partition coefficient (Wildman–Crippen LogP) is 2.71. The van der Waals surface area contributed by atoms with E-state index in [1.165, 1.54) is 0 Å². The summed E-state index contributed by atoms with van der Waals surface area (Å²) in [5.41, 5.74) is 0. The fourth-order valence-corrected chi connectivity index (χ4v) is 2.52. The topological polar surface area (TPSA) is 50.4 Å². The molecule has 0 saturated carbocycles. The summed E-state index contributed by atoms with van der Waals surface area (Å²) >= 11 is 1.55. The Labute approximate surface area is 137 Å². The van der Waals surface area contributed by atoms with E-state index in [-0.39, 0.29) is 23.6 Å². The Kier molecular flexibility index (Phi) is 11.2. The number of benzene rings is 1. The molecule has 21 heavy (non-hydrogen) atoms. The van der Waals surface area contributed by atoms with Crippen LogP contribution in [0.15, 0.2) is 29.2 Å². The Bertz CT molecular complexity index is 401. The normalized spacial score (nSPS) is 11.4. The van der Waals surface area contributed by atoms with E-state index in [0.29, 0.717) is 6.54 Å². The van der Waals surface area contributed by atoms with Gasteiger partial charge in [-0.15, -0.1) is 24.2 Å². The van der Waals surface area contributed by atoms with Gasteiger partial charge < -0.3 is 15.4 Å². The largest absolute Gasteiger partial charge is 0.497 e. The number of carbonyl (C=O) groups is 1. The molecule has 0 aliphatic carbocycles. The second kappa shape index (κ2) is 11.7. The molecule has 6 heteroatoms. The molecule has 0 heterocycles. The Balaban J connectivity index is 0.00000400. The molecule has 0 spiro atoms. The third kappa shape index (κ3) is 8.19. The summed E-state index contributed by atoms with van der Waals surface area (Å²) in [5.74, 6) is 0.901. The number of halogens is 1. The Morgan fingerprint density at radius 2 is 1.90 bits per heavy atom. The highest BCUT2D eigenvalue weighted by molar-refractivity contribution is 8.00. The van der Waals surface area contributed by atoms with E-state index in [1.807, 2.05) is 31.2 Å². The van der Waals surface area contributed by atoms with Gasteiger partial charge in [0, 0.05) is 18.0 Å². The van der Waals surface area contributed by atoms with Crippen molar-refractivity contribution < 1.29 is 9.53 Å². The fourth-order valence-electron chi connectivity index (χ4n) is 1.63. The third-order valence-electron chi connectivity index (χ3n) is 2.77. The van der Waals surface area contributed by atoms with Crippen molar-refractivity contribution in [3.63, 3.8) is 0 Å². The summed E-state index contributed by atoms with van der Waals surface area (Å²) in [5, 5.41) is 6.09. The van der Waals surface area contributed by atoms with Crippen LogP contribution in [0.4, 0.5) is 0 Å². The number of thioether (sulfide) groups is 1. The van der Waals surface area contributed by atoms with Gasteiger partial charge in [-0.1, -0.05) is 6.92 Å². The molecule has 1 atom stereocenters. The molecule has 0 aliphatic heterocycles. The third-order valence-corrected chi connectivity index (χ3v) is 3.88. The molecule has 1 unspecified atom stereocenters. The maximum Gasteiger partial charge on any atom is 0.233 e. The molecular formula is C15H25ClN2O2S. The quantitative estimate of drug-likeness (QED) is 0.539. The molecule has 0 aromatic heterocycles. The number of hydrogen-bond acceptors (Lipinski definition) is 4. The van der Waals surface area contributed by atoms with Crippen LogP contribution in [0.1, 0.15) is 20.3 Å². The Hall–Kier alpha value is -0.910. The van der Waals surface area contributed by atoms with E-state index < -0.39 is 0 Å². The van der Waals surface area contributed by atoms with Crippen LogP contribution in [-0.4, -0.2) is 37.9 Å². The van der Waals surface area contributed by atoms with Crippen LogP contribution < -0.4 is 15.4 Å². The van der Waals surface area contributed by atoms with Gasteiger partial charge in [0.1, 0.15) is 5.75 Å². The van der Waals surface area contributed by atoms with Gasteiger partial charge in [0.05, 0.1) is 12.4 Å². The first kappa shape index (κ1) is 20.1. The molecule has 4 nitrogen and oxygen atoms in total. The van der Waals surface area contributed by atoms with Gasteiger partial charge >= 0.3 is 0 Å². The lowest BCUT2D eigenvalue weighted by atomic mass is 10.3. The van der Waals surface area contributed by atoms with E-state index in [4.69, 9.17) is 4.74 Å². The van der Waals surface area contributed by atoms with Gasteiger partial charge in [0.25, 0.3) is 0 Å². The molecule has 1 amide bonds. The molecule has 1 aromatic carbocycles. The number of nitrogens with one attached hydrogen (secondary N) is 2. The Morgan fingerprint density at radius 1 is 1.24 bits per heavy atom. The number of ether oxygens (including phenoxy) is 1. The van der Waals surface area contributed by atoms with Crippen LogP contribution in [0.2, 0.25) is 0 Å². The summed E-state index contributed by atoms with van der Waals surface area (Å²) < 4.78 is 5.11. The standard InChI is InChI=1S/C15H24N2O2S.ClH/c1-4-9-16-10-11-17-15(18)12(2)20-14-7-5-13(19-3)6-8-14;/h5-8,12,16H,4,9-11H2,1-3H3,(H,17,18);1H. The number of carbonyl (C=O) groups excluding carboxylic acids is 1. The van der Waals surface area contributed by atoms with Gasteiger partial charge in [0.2, 0.25) is 5.91 Å². The molecule has 0 radical (unpaired) electrons. The van der Waals surface area contributed by atoms with Crippen molar-refractivity contribution in [2.45, 2.75) is 30.4 Å². The minimum absolute atomic E-state index is 0.